The van der Waals surface area contributed by atoms with Gasteiger partial charge in [0.15, 0.2) is 0 Å². The third-order valence-electron chi connectivity index (χ3n) is 4.38. The molecule has 0 bridgehead atoms. The van der Waals surface area contributed by atoms with Crippen molar-refractivity contribution >= 4 is 11.8 Å². The second-order valence-electron chi connectivity index (χ2n) is 7.61. The van der Waals surface area contributed by atoms with Crippen LogP contribution in [-0.4, -0.2) is 33.6 Å². The minimum absolute atomic E-state index is 0.0484. The molecular weight excluding hydrogens is 292 g/mol. The second kappa shape index (κ2) is 5.06. The fourth-order valence-corrected chi connectivity index (χ4v) is 3.11. The summed E-state index contributed by atoms with van der Waals surface area (Å²) in [5.74, 6) is -0.284. The predicted octanol–water partition coefficient (Wildman–Crippen LogP) is 2.21. The summed E-state index contributed by atoms with van der Waals surface area (Å²) in [6.07, 6.45) is 1.41. The first-order valence-electron chi connectivity index (χ1n) is 8.05. The molecule has 1 atom stereocenters. The van der Waals surface area contributed by atoms with Crippen LogP contribution in [-0.2, 0) is 20.9 Å². The first kappa shape index (κ1) is 16.0. The standard InChI is InChI=1S/C18H24N2O3/c1-16(2,3)23-17(4)14(21)19-18(10-11-18)15(22)20(17)12-13-8-6-5-7-9-13/h5-9H,10-12H2,1-4H3,(H,19,21). The van der Waals surface area contributed by atoms with Gasteiger partial charge in [0.05, 0.1) is 5.60 Å². The zero-order chi connectivity index (χ0) is 16.9. The molecule has 23 heavy (non-hydrogen) atoms. The Balaban J connectivity index is 1.97. The van der Waals surface area contributed by atoms with Crippen molar-refractivity contribution in [1.82, 2.24) is 10.2 Å². The number of hydrogen-bond acceptors (Lipinski definition) is 3. The molecule has 3 rings (SSSR count). The molecule has 124 valence electrons. The van der Waals surface area contributed by atoms with Crippen molar-refractivity contribution in [3.05, 3.63) is 35.9 Å². The van der Waals surface area contributed by atoms with Crippen LogP contribution in [0.3, 0.4) is 0 Å². The molecule has 5 heteroatoms. The molecule has 1 unspecified atom stereocenters. The van der Waals surface area contributed by atoms with Gasteiger partial charge in [0, 0.05) is 6.54 Å². The lowest BCUT2D eigenvalue weighted by molar-refractivity contribution is -0.220. The van der Waals surface area contributed by atoms with Gasteiger partial charge in [0.25, 0.3) is 11.8 Å². The molecule has 1 saturated heterocycles. The lowest BCUT2D eigenvalue weighted by Gasteiger charge is -2.48. The van der Waals surface area contributed by atoms with E-state index in [1.165, 1.54) is 0 Å². The van der Waals surface area contributed by atoms with Crippen molar-refractivity contribution in [2.45, 2.75) is 63.9 Å². The van der Waals surface area contributed by atoms with Crippen LogP contribution in [0.4, 0.5) is 0 Å². The van der Waals surface area contributed by atoms with Crippen LogP contribution in [0, 0.1) is 0 Å². The van der Waals surface area contributed by atoms with Crippen molar-refractivity contribution < 1.29 is 14.3 Å². The monoisotopic (exact) mass is 316 g/mol. The van der Waals surface area contributed by atoms with Gasteiger partial charge in [-0.3, -0.25) is 9.59 Å². The maximum Gasteiger partial charge on any atom is 0.274 e. The summed E-state index contributed by atoms with van der Waals surface area (Å²) in [5.41, 5.74) is -1.57. The van der Waals surface area contributed by atoms with Crippen LogP contribution in [0.5, 0.6) is 0 Å². The zero-order valence-electron chi connectivity index (χ0n) is 14.2. The molecule has 1 aliphatic carbocycles. The highest BCUT2D eigenvalue weighted by Crippen LogP contribution is 2.44. The third kappa shape index (κ3) is 2.85. The smallest absolute Gasteiger partial charge is 0.274 e. The lowest BCUT2D eigenvalue weighted by Crippen LogP contribution is -2.72. The van der Waals surface area contributed by atoms with E-state index in [-0.39, 0.29) is 11.8 Å². The van der Waals surface area contributed by atoms with Gasteiger partial charge in [-0.25, -0.2) is 0 Å². The predicted molar refractivity (Wildman–Crippen MR) is 86.3 cm³/mol. The lowest BCUT2D eigenvalue weighted by atomic mass is 10.0. The van der Waals surface area contributed by atoms with Crippen molar-refractivity contribution in [2.75, 3.05) is 0 Å². The Morgan fingerprint density at radius 1 is 1.17 bits per heavy atom. The number of piperazine rings is 1. The maximum absolute atomic E-state index is 13.0. The van der Waals surface area contributed by atoms with Gasteiger partial charge in [-0.2, -0.15) is 0 Å². The minimum atomic E-state index is -1.31. The van der Waals surface area contributed by atoms with E-state index in [0.29, 0.717) is 19.4 Å². The van der Waals surface area contributed by atoms with Crippen molar-refractivity contribution in [2.24, 2.45) is 0 Å². The fraction of sp³-hybridized carbons (Fsp3) is 0.556. The molecule has 1 aromatic rings. The molecule has 1 N–H and O–H groups in total. The number of carbonyl (C=O) groups is 2. The molecule has 0 aromatic heterocycles. The van der Waals surface area contributed by atoms with Gasteiger partial charge in [0.2, 0.25) is 5.72 Å². The number of nitrogens with one attached hydrogen (secondary N) is 1. The highest BCUT2D eigenvalue weighted by atomic mass is 16.5. The Morgan fingerprint density at radius 2 is 1.78 bits per heavy atom. The molecule has 1 aromatic carbocycles. The Hall–Kier alpha value is -1.88. The summed E-state index contributed by atoms with van der Waals surface area (Å²) in [6.45, 7) is 7.71. The summed E-state index contributed by atoms with van der Waals surface area (Å²) in [6, 6.07) is 9.70. The number of benzene rings is 1. The normalized spacial score (nSPS) is 26.3. The largest absolute Gasteiger partial charge is 0.341 e. The summed E-state index contributed by atoms with van der Waals surface area (Å²) in [4.78, 5) is 27.4. The zero-order valence-corrected chi connectivity index (χ0v) is 14.2. The Bertz CT molecular complexity index is 631. The summed E-state index contributed by atoms with van der Waals surface area (Å²) >= 11 is 0. The molecule has 0 radical (unpaired) electrons. The van der Waals surface area contributed by atoms with E-state index < -0.39 is 16.9 Å². The van der Waals surface area contributed by atoms with Gasteiger partial charge < -0.3 is 15.0 Å². The number of hydrogen-bond donors (Lipinski definition) is 1. The van der Waals surface area contributed by atoms with Crippen molar-refractivity contribution in [3.8, 4) is 0 Å². The van der Waals surface area contributed by atoms with E-state index in [4.69, 9.17) is 4.74 Å². The quantitative estimate of drug-likeness (QED) is 0.930. The average molecular weight is 316 g/mol. The number of amides is 2. The van der Waals surface area contributed by atoms with Gasteiger partial charge in [-0.1, -0.05) is 30.3 Å². The number of nitrogens with zero attached hydrogens (tertiary/aromatic N) is 1. The number of ether oxygens (including phenoxy) is 1. The fourth-order valence-electron chi connectivity index (χ4n) is 3.11. The molecule has 5 nitrogen and oxygen atoms in total. The summed E-state index contributed by atoms with van der Waals surface area (Å²) in [5, 5.41) is 2.89. The number of rotatable bonds is 3. The molecule has 1 saturated carbocycles. The number of carbonyl (C=O) groups excluding carboxylic acids is 2. The van der Waals surface area contributed by atoms with Gasteiger partial charge in [0.1, 0.15) is 5.54 Å². The first-order chi connectivity index (χ1) is 10.7. The van der Waals surface area contributed by atoms with Crippen molar-refractivity contribution in [3.63, 3.8) is 0 Å². The second-order valence-corrected chi connectivity index (χ2v) is 7.61. The van der Waals surface area contributed by atoms with Gasteiger partial charge >= 0.3 is 0 Å². The van der Waals surface area contributed by atoms with Gasteiger partial charge in [-0.05, 0) is 46.1 Å². The molecule has 1 heterocycles. The average Bonchev–Trinajstić information content (AvgIpc) is 3.22. The topological polar surface area (TPSA) is 58.6 Å². The first-order valence-corrected chi connectivity index (χ1v) is 8.05. The van der Waals surface area contributed by atoms with E-state index in [9.17, 15) is 9.59 Å². The van der Waals surface area contributed by atoms with Gasteiger partial charge in [-0.15, -0.1) is 0 Å². The van der Waals surface area contributed by atoms with E-state index in [0.717, 1.165) is 5.56 Å². The third-order valence-corrected chi connectivity index (χ3v) is 4.38. The van der Waals surface area contributed by atoms with E-state index in [1.807, 2.05) is 51.1 Å². The Morgan fingerprint density at radius 3 is 2.30 bits per heavy atom. The Kier molecular flexibility index (Phi) is 3.52. The molecule has 1 aliphatic heterocycles. The summed E-state index contributed by atoms with van der Waals surface area (Å²) < 4.78 is 6.05. The van der Waals surface area contributed by atoms with Crippen LogP contribution in [0.1, 0.15) is 46.1 Å². The molecule has 1 spiro atoms. The molecule has 2 fully saturated rings. The van der Waals surface area contributed by atoms with Crippen LogP contribution in [0.15, 0.2) is 30.3 Å². The summed E-state index contributed by atoms with van der Waals surface area (Å²) in [7, 11) is 0. The highest BCUT2D eigenvalue weighted by molar-refractivity contribution is 6.03. The van der Waals surface area contributed by atoms with Crippen molar-refractivity contribution in [1.29, 1.82) is 0 Å². The Labute approximate surface area is 137 Å². The SMILES string of the molecule is CC(C)(C)OC1(C)C(=O)NC2(CC2)C(=O)N1Cc1ccccc1. The van der Waals surface area contributed by atoms with E-state index in [2.05, 4.69) is 5.32 Å². The van der Waals surface area contributed by atoms with Crippen LogP contribution >= 0.6 is 0 Å². The van der Waals surface area contributed by atoms with E-state index in [1.54, 1.807) is 11.8 Å². The maximum atomic E-state index is 13.0. The molecular formula is C18H24N2O3. The minimum Gasteiger partial charge on any atom is -0.341 e. The van der Waals surface area contributed by atoms with Crippen LogP contribution in [0.2, 0.25) is 0 Å². The van der Waals surface area contributed by atoms with Crippen LogP contribution < -0.4 is 5.32 Å². The molecule has 2 aliphatic rings. The molecule has 2 amide bonds. The highest BCUT2D eigenvalue weighted by Gasteiger charge is 2.63. The van der Waals surface area contributed by atoms with E-state index >= 15 is 0 Å². The van der Waals surface area contributed by atoms with Crippen LogP contribution in [0.25, 0.3) is 0 Å².